The van der Waals surface area contributed by atoms with E-state index in [0.717, 1.165) is 12.2 Å². The van der Waals surface area contributed by atoms with Gasteiger partial charge in [-0.25, -0.2) is 4.79 Å². The normalized spacial score (nSPS) is 12.9. The number of nitrogens with one attached hydrogen (secondary N) is 1. The van der Waals surface area contributed by atoms with E-state index >= 15 is 0 Å². The van der Waals surface area contributed by atoms with Crippen molar-refractivity contribution in [3.05, 3.63) is 12.2 Å². The molecule has 1 amide bonds. The van der Waals surface area contributed by atoms with Crippen LogP contribution in [0.1, 0.15) is 41.5 Å². The first-order valence-corrected chi connectivity index (χ1v) is 6.43. The van der Waals surface area contributed by atoms with E-state index in [-0.39, 0.29) is 6.54 Å². The summed E-state index contributed by atoms with van der Waals surface area (Å²) in [6, 6.07) is 0. The van der Waals surface area contributed by atoms with E-state index in [9.17, 15) is 9.59 Å². The topological polar surface area (TPSA) is 84.9 Å². The minimum atomic E-state index is -1.17. The molecule has 0 rings (SSSR count). The van der Waals surface area contributed by atoms with Gasteiger partial charge in [0.15, 0.2) is 6.29 Å². The van der Waals surface area contributed by atoms with Crippen LogP contribution < -0.4 is 5.32 Å². The van der Waals surface area contributed by atoms with E-state index in [2.05, 4.69) is 5.32 Å². The lowest BCUT2D eigenvalue weighted by Crippen LogP contribution is -2.42. The second-order valence-corrected chi connectivity index (χ2v) is 6.31. The first-order chi connectivity index (χ1) is 8.89. The fourth-order valence-electron chi connectivity index (χ4n) is 1.29. The van der Waals surface area contributed by atoms with Crippen LogP contribution in [0, 0.1) is 0 Å². The Kier molecular flexibility index (Phi) is 6.88. The lowest BCUT2D eigenvalue weighted by molar-refractivity contribution is -0.230. The van der Waals surface area contributed by atoms with Gasteiger partial charge >= 0.3 is 5.97 Å². The lowest BCUT2D eigenvalue weighted by atomic mass is 10.2. The number of carbonyl (C=O) groups excluding carboxylic acids is 1. The molecule has 0 aromatic carbocycles. The van der Waals surface area contributed by atoms with Gasteiger partial charge in [0.1, 0.15) is 0 Å². The van der Waals surface area contributed by atoms with Gasteiger partial charge in [-0.1, -0.05) is 0 Å². The van der Waals surface area contributed by atoms with Crippen molar-refractivity contribution >= 4 is 11.9 Å². The highest BCUT2D eigenvalue weighted by atomic mass is 16.7. The van der Waals surface area contributed by atoms with Crippen molar-refractivity contribution in [1.29, 1.82) is 0 Å². The van der Waals surface area contributed by atoms with Crippen molar-refractivity contribution in [1.82, 2.24) is 5.32 Å². The summed E-state index contributed by atoms with van der Waals surface area (Å²) >= 11 is 0. The van der Waals surface area contributed by atoms with E-state index < -0.39 is 29.4 Å². The Morgan fingerprint density at radius 3 is 1.85 bits per heavy atom. The predicted molar refractivity (Wildman–Crippen MR) is 75.2 cm³/mol. The summed E-state index contributed by atoms with van der Waals surface area (Å²) in [5, 5.41) is 11.0. The highest BCUT2D eigenvalue weighted by molar-refractivity contribution is 5.93. The van der Waals surface area contributed by atoms with E-state index in [4.69, 9.17) is 14.6 Å². The van der Waals surface area contributed by atoms with Gasteiger partial charge < -0.3 is 19.9 Å². The number of amides is 1. The molecule has 6 heteroatoms. The zero-order valence-electron chi connectivity index (χ0n) is 13.0. The second kappa shape index (κ2) is 7.40. The van der Waals surface area contributed by atoms with Crippen molar-refractivity contribution < 1.29 is 24.2 Å². The molecule has 0 aromatic heterocycles. The minimum absolute atomic E-state index is 0.136. The molecule has 6 nitrogen and oxygen atoms in total. The van der Waals surface area contributed by atoms with Gasteiger partial charge in [-0.15, -0.1) is 0 Å². The molecule has 0 radical (unpaired) electrons. The molecule has 0 unspecified atom stereocenters. The monoisotopic (exact) mass is 287 g/mol. The maximum atomic E-state index is 11.4. The molecule has 0 bridgehead atoms. The molecule has 0 saturated heterocycles. The molecule has 0 spiro atoms. The van der Waals surface area contributed by atoms with Gasteiger partial charge in [-0.05, 0) is 41.5 Å². The summed E-state index contributed by atoms with van der Waals surface area (Å²) in [5.41, 5.74) is -0.838. The summed E-state index contributed by atoms with van der Waals surface area (Å²) in [6.07, 6.45) is 1.12. The van der Waals surface area contributed by atoms with E-state index in [1.807, 2.05) is 41.5 Å². The zero-order valence-corrected chi connectivity index (χ0v) is 13.0. The maximum absolute atomic E-state index is 11.4. The lowest BCUT2D eigenvalue weighted by Gasteiger charge is -2.32. The Balaban J connectivity index is 4.50. The minimum Gasteiger partial charge on any atom is -0.478 e. The summed E-state index contributed by atoms with van der Waals surface area (Å²) < 4.78 is 11.4. The number of carbonyl (C=O) groups is 2. The van der Waals surface area contributed by atoms with Crippen LogP contribution in [-0.4, -0.2) is 41.0 Å². The van der Waals surface area contributed by atoms with E-state index in [0.29, 0.717) is 0 Å². The highest BCUT2D eigenvalue weighted by Gasteiger charge is 2.24. The van der Waals surface area contributed by atoms with E-state index in [1.54, 1.807) is 0 Å². The molecule has 0 fully saturated rings. The Morgan fingerprint density at radius 2 is 1.50 bits per heavy atom. The van der Waals surface area contributed by atoms with Crippen molar-refractivity contribution in [3.8, 4) is 0 Å². The number of hydrogen-bond acceptors (Lipinski definition) is 4. The SMILES string of the molecule is CC(C)(C)OC(CNC(=O)C=CC(=O)O)OC(C)(C)C. The molecule has 20 heavy (non-hydrogen) atoms. The zero-order chi connectivity index (χ0) is 16.0. The van der Waals surface area contributed by atoms with Crippen molar-refractivity contribution in [2.45, 2.75) is 59.0 Å². The summed E-state index contributed by atoms with van der Waals surface area (Å²) in [7, 11) is 0. The fourth-order valence-corrected chi connectivity index (χ4v) is 1.29. The van der Waals surface area contributed by atoms with Gasteiger partial charge in [0.25, 0.3) is 0 Å². The number of carboxylic acids is 1. The van der Waals surface area contributed by atoms with Crippen molar-refractivity contribution in [2.24, 2.45) is 0 Å². The maximum Gasteiger partial charge on any atom is 0.328 e. The van der Waals surface area contributed by atoms with Gasteiger partial charge in [0, 0.05) is 12.2 Å². The highest BCUT2D eigenvalue weighted by Crippen LogP contribution is 2.17. The number of aliphatic carboxylic acids is 1. The molecule has 0 heterocycles. The molecular formula is C14H25NO5. The van der Waals surface area contributed by atoms with Crippen molar-refractivity contribution in [3.63, 3.8) is 0 Å². The third-order valence-corrected chi connectivity index (χ3v) is 1.79. The third kappa shape index (κ3) is 11.7. The number of ether oxygens (including phenoxy) is 2. The molecule has 0 atom stereocenters. The van der Waals surface area contributed by atoms with Crippen LogP contribution >= 0.6 is 0 Å². The summed E-state index contributed by atoms with van der Waals surface area (Å²) in [6.45, 7) is 11.5. The standard InChI is InChI=1S/C14H25NO5/c1-13(2,3)19-12(20-14(4,5)6)9-15-10(16)7-8-11(17)18/h7-8,12H,9H2,1-6H3,(H,15,16)(H,17,18). The Labute approximate surface area is 120 Å². The number of hydrogen-bond donors (Lipinski definition) is 2. The van der Waals surface area contributed by atoms with Gasteiger partial charge in [-0.3, -0.25) is 4.79 Å². The molecule has 0 saturated carbocycles. The third-order valence-electron chi connectivity index (χ3n) is 1.79. The average molecular weight is 287 g/mol. The molecule has 2 N–H and O–H groups in total. The summed E-state index contributed by atoms with van der Waals surface area (Å²) in [4.78, 5) is 21.7. The Bertz CT molecular complexity index is 347. The van der Waals surface area contributed by atoms with Gasteiger partial charge in [0.2, 0.25) is 5.91 Å². The van der Waals surface area contributed by atoms with Crippen LogP contribution in [0.2, 0.25) is 0 Å². The molecule has 116 valence electrons. The molecule has 0 aromatic rings. The van der Waals surface area contributed by atoms with Crippen LogP contribution in [-0.2, 0) is 19.1 Å². The van der Waals surface area contributed by atoms with E-state index in [1.165, 1.54) is 0 Å². The first kappa shape index (κ1) is 18.6. The Hall–Kier alpha value is -1.40. The number of rotatable bonds is 6. The van der Waals surface area contributed by atoms with Crippen LogP contribution in [0.25, 0.3) is 0 Å². The summed E-state index contributed by atoms with van der Waals surface area (Å²) in [5.74, 6) is -1.68. The van der Waals surface area contributed by atoms with Gasteiger partial charge in [-0.2, -0.15) is 0 Å². The quantitative estimate of drug-likeness (QED) is 0.573. The van der Waals surface area contributed by atoms with Crippen LogP contribution in [0.5, 0.6) is 0 Å². The largest absolute Gasteiger partial charge is 0.478 e. The molecular weight excluding hydrogens is 262 g/mol. The second-order valence-electron chi connectivity index (χ2n) is 6.31. The molecule has 0 aliphatic carbocycles. The predicted octanol–water partition coefficient (Wildman–Crippen LogP) is 1.70. The average Bonchev–Trinajstić information content (AvgIpc) is 2.18. The molecule has 0 aliphatic rings. The first-order valence-electron chi connectivity index (χ1n) is 6.43. The smallest absolute Gasteiger partial charge is 0.328 e. The molecule has 0 aliphatic heterocycles. The fraction of sp³-hybridized carbons (Fsp3) is 0.714. The van der Waals surface area contributed by atoms with Crippen LogP contribution in [0.15, 0.2) is 12.2 Å². The van der Waals surface area contributed by atoms with Crippen LogP contribution in [0.4, 0.5) is 0 Å². The van der Waals surface area contributed by atoms with Crippen LogP contribution in [0.3, 0.4) is 0 Å². The number of carboxylic acid groups (broad SMARTS) is 1. The Morgan fingerprint density at radius 1 is 1.05 bits per heavy atom. The van der Waals surface area contributed by atoms with Gasteiger partial charge in [0.05, 0.1) is 17.7 Å². The van der Waals surface area contributed by atoms with Crippen molar-refractivity contribution in [2.75, 3.05) is 6.54 Å².